The highest BCUT2D eigenvalue weighted by Crippen LogP contribution is 2.32. The first-order valence-electron chi connectivity index (χ1n) is 5.39. The van der Waals surface area contributed by atoms with Crippen molar-refractivity contribution in [2.75, 3.05) is 5.32 Å². The summed E-state index contributed by atoms with van der Waals surface area (Å²) in [6, 6.07) is 6.92. The van der Waals surface area contributed by atoms with Crippen molar-refractivity contribution >= 4 is 28.9 Å². The molecule has 0 unspecified atom stereocenters. The Morgan fingerprint density at radius 2 is 1.67 bits per heavy atom. The second kappa shape index (κ2) is 5.09. The number of hydrogen-bond acceptors (Lipinski definition) is 1. The molecule has 1 saturated carbocycles. The lowest BCUT2D eigenvalue weighted by molar-refractivity contribution is 0.463. The Kier molecular flexibility index (Phi) is 3.76. The Morgan fingerprint density at radius 3 is 2.27 bits per heavy atom. The summed E-state index contributed by atoms with van der Waals surface area (Å²) in [7, 11) is 0. The lowest BCUT2D eigenvalue weighted by Crippen LogP contribution is -2.22. The zero-order valence-electron chi connectivity index (χ0n) is 8.52. The average molecular weight is 243 g/mol. The molecule has 0 bridgehead atoms. The van der Waals surface area contributed by atoms with Crippen LogP contribution in [0.3, 0.4) is 0 Å². The van der Waals surface area contributed by atoms with Crippen molar-refractivity contribution in [3.05, 3.63) is 28.2 Å². The molecule has 15 heavy (non-hydrogen) atoms. The summed E-state index contributed by atoms with van der Waals surface area (Å²) < 4.78 is 0. The van der Waals surface area contributed by atoms with Gasteiger partial charge in [-0.2, -0.15) is 0 Å². The molecular formula is C12H14Cl2N. The molecule has 0 amide bonds. The normalized spacial score (nSPS) is 17.7. The Labute approximate surface area is 101 Å². The quantitative estimate of drug-likeness (QED) is 0.804. The Morgan fingerprint density at radius 1 is 1.07 bits per heavy atom. The number of hydrogen-bond donors (Lipinski definition) is 1. The van der Waals surface area contributed by atoms with Gasteiger partial charge in [0.05, 0.1) is 15.7 Å². The van der Waals surface area contributed by atoms with E-state index in [9.17, 15) is 0 Å². The summed E-state index contributed by atoms with van der Waals surface area (Å²) in [5.41, 5.74) is 0.865. The Balaban J connectivity index is 2.09. The van der Waals surface area contributed by atoms with Crippen LogP contribution < -0.4 is 5.32 Å². The molecular weight excluding hydrogens is 229 g/mol. The van der Waals surface area contributed by atoms with Gasteiger partial charge in [0.15, 0.2) is 0 Å². The summed E-state index contributed by atoms with van der Waals surface area (Å²) in [6.07, 6.45) is 6.37. The zero-order valence-corrected chi connectivity index (χ0v) is 10.0. The summed E-state index contributed by atoms with van der Waals surface area (Å²) in [4.78, 5) is 0. The first kappa shape index (κ1) is 11.1. The van der Waals surface area contributed by atoms with Crippen molar-refractivity contribution in [3.8, 4) is 0 Å². The summed E-state index contributed by atoms with van der Waals surface area (Å²) in [5.74, 6) is 0. The number of nitrogens with one attached hydrogen (secondary N) is 1. The van der Waals surface area contributed by atoms with Crippen molar-refractivity contribution in [3.63, 3.8) is 0 Å². The third-order valence-electron chi connectivity index (χ3n) is 2.85. The number of halogens is 2. The molecule has 1 fully saturated rings. The third-order valence-corrected chi connectivity index (χ3v) is 3.45. The summed E-state index contributed by atoms with van der Waals surface area (Å²) >= 11 is 12.1. The van der Waals surface area contributed by atoms with Gasteiger partial charge >= 0.3 is 0 Å². The summed E-state index contributed by atoms with van der Waals surface area (Å²) in [6.45, 7) is 0. The molecule has 1 aliphatic carbocycles. The van der Waals surface area contributed by atoms with Crippen molar-refractivity contribution in [2.24, 2.45) is 0 Å². The van der Waals surface area contributed by atoms with E-state index >= 15 is 0 Å². The van der Waals surface area contributed by atoms with Crippen LogP contribution in [0.4, 0.5) is 5.69 Å². The van der Waals surface area contributed by atoms with Crippen LogP contribution in [0.5, 0.6) is 0 Å². The van der Waals surface area contributed by atoms with Gasteiger partial charge in [-0.1, -0.05) is 42.5 Å². The molecule has 0 aliphatic heterocycles. The minimum absolute atomic E-state index is 0.524. The second-order valence-corrected chi connectivity index (χ2v) is 4.82. The van der Waals surface area contributed by atoms with E-state index < -0.39 is 0 Å². The maximum absolute atomic E-state index is 6.07. The lowest BCUT2D eigenvalue weighted by atomic mass is 9.95. The van der Waals surface area contributed by atoms with Crippen LogP contribution in [-0.2, 0) is 0 Å². The third kappa shape index (κ3) is 2.79. The van der Waals surface area contributed by atoms with E-state index in [0.29, 0.717) is 16.1 Å². The predicted molar refractivity (Wildman–Crippen MR) is 65.8 cm³/mol. The van der Waals surface area contributed by atoms with Crippen LogP contribution in [0.25, 0.3) is 0 Å². The number of anilines is 1. The van der Waals surface area contributed by atoms with Crippen LogP contribution in [0.1, 0.15) is 32.1 Å². The SMILES string of the molecule is Clc1c[c]cc(Cl)c1NC1CCCCC1. The van der Waals surface area contributed by atoms with E-state index in [2.05, 4.69) is 11.4 Å². The molecule has 1 N–H and O–H groups in total. The van der Waals surface area contributed by atoms with Gasteiger partial charge in [0.1, 0.15) is 0 Å². The average Bonchev–Trinajstić information content (AvgIpc) is 2.25. The fraction of sp³-hybridized carbons (Fsp3) is 0.500. The molecule has 0 saturated heterocycles. The second-order valence-electron chi connectivity index (χ2n) is 4.01. The smallest absolute Gasteiger partial charge is 0.0721 e. The zero-order chi connectivity index (χ0) is 10.7. The van der Waals surface area contributed by atoms with Gasteiger partial charge in [0.2, 0.25) is 0 Å². The fourth-order valence-corrected chi connectivity index (χ4v) is 2.52. The van der Waals surface area contributed by atoms with Gasteiger partial charge in [0, 0.05) is 6.04 Å². The molecule has 0 heterocycles. The fourth-order valence-electron chi connectivity index (χ4n) is 2.04. The van der Waals surface area contributed by atoms with Crippen molar-refractivity contribution in [1.29, 1.82) is 0 Å². The van der Waals surface area contributed by atoms with E-state index in [1.165, 1.54) is 32.1 Å². The van der Waals surface area contributed by atoms with Gasteiger partial charge in [-0.05, 0) is 31.0 Å². The summed E-state index contributed by atoms with van der Waals surface area (Å²) in [5, 5.41) is 4.75. The highest BCUT2D eigenvalue weighted by molar-refractivity contribution is 6.39. The van der Waals surface area contributed by atoms with E-state index in [-0.39, 0.29) is 0 Å². The number of rotatable bonds is 2. The van der Waals surface area contributed by atoms with Crippen LogP contribution >= 0.6 is 23.2 Å². The van der Waals surface area contributed by atoms with E-state index in [0.717, 1.165) is 5.69 Å². The van der Waals surface area contributed by atoms with Gasteiger partial charge in [0.25, 0.3) is 0 Å². The highest BCUT2D eigenvalue weighted by atomic mass is 35.5. The van der Waals surface area contributed by atoms with E-state index in [4.69, 9.17) is 23.2 Å². The largest absolute Gasteiger partial charge is 0.380 e. The van der Waals surface area contributed by atoms with Gasteiger partial charge in [-0.25, -0.2) is 0 Å². The Bertz CT molecular complexity index is 312. The predicted octanol–water partition coefficient (Wildman–Crippen LogP) is 4.54. The van der Waals surface area contributed by atoms with E-state index in [1.54, 1.807) is 12.1 Å². The monoisotopic (exact) mass is 242 g/mol. The topological polar surface area (TPSA) is 12.0 Å². The molecule has 3 heteroatoms. The van der Waals surface area contributed by atoms with Crippen molar-refractivity contribution < 1.29 is 0 Å². The molecule has 1 radical (unpaired) electrons. The van der Waals surface area contributed by atoms with Crippen LogP contribution in [0.2, 0.25) is 10.0 Å². The standard InChI is InChI=1S/C12H14Cl2N/c13-10-7-4-8-11(14)12(10)15-9-5-2-1-3-6-9/h7-9,15H,1-3,5-6H2. The van der Waals surface area contributed by atoms with Gasteiger partial charge in [-0.15, -0.1) is 0 Å². The van der Waals surface area contributed by atoms with Crippen molar-refractivity contribution in [2.45, 2.75) is 38.1 Å². The van der Waals surface area contributed by atoms with Gasteiger partial charge < -0.3 is 5.32 Å². The Hall–Kier alpha value is -0.400. The minimum atomic E-state index is 0.524. The number of benzene rings is 1. The molecule has 1 aromatic rings. The van der Waals surface area contributed by atoms with Crippen LogP contribution in [-0.4, -0.2) is 6.04 Å². The highest BCUT2D eigenvalue weighted by Gasteiger charge is 2.15. The molecule has 0 atom stereocenters. The molecule has 0 aromatic heterocycles. The molecule has 0 spiro atoms. The lowest BCUT2D eigenvalue weighted by Gasteiger charge is -2.24. The van der Waals surface area contributed by atoms with Crippen molar-refractivity contribution in [1.82, 2.24) is 0 Å². The molecule has 1 aromatic carbocycles. The maximum atomic E-state index is 6.07. The first-order chi connectivity index (χ1) is 7.27. The molecule has 1 nitrogen and oxygen atoms in total. The molecule has 2 rings (SSSR count). The molecule has 1 aliphatic rings. The van der Waals surface area contributed by atoms with Crippen LogP contribution in [0, 0.1) is 6.07 Å². The van der Waals surface area contributed by atoms with Gasteiger partial charge in [-0.3, -0.25) is 0 Å². The first-order valence-corrected chi connectivity index (χ1v) is 6.14. The van der Waals surface area contributed by atoms with E-state index in [1.807, 2.05) is 0 Å². The minimum Gasteiger partial charge on any atom is -0.380 e. The molecule has 81 valence electrons. The van der Waals surface area contributed by atoms with Crippen LogP contribution in [0.15, 0.2) is 12.1 Å². The maximum Gasteiger partial charge on any atom is 0.0721 e.